The molecule has 0 spiro atoms. The molecule has 0 aliphatic carbocycles. The number of amides is 1. The first-order chi connectivity index (χ1) is 6.16. The molecule has 82 valence electrons. The average molecular weight is 189 g/mol. The normalized spacial score (nSPS) is 7.69. The largest absolute Gasteiger partial charge is 0.356 e. The van der Waals surface area contributed by atoms with E-state index in [4.69, 9.17) is 0 Å². The van der Waals surface area contributed by atoms with Gasteiger partial charge in [-0.2, -0.15) is 0 Å². The van der Waals surface area contributed by atoms with Crippen LogP contribution in [0, 0.1) is 5.92 Å². The van der Waals surface area contributed by atoms with E-state index in [0.717, 1.165) is 6.54 Å². The minimum atomic E-state index is 0.160. The van der Waals surface area contributed by atoms with E-state index < -0.39 is 0 Å². The molecule has 2 heteroatoms. The lowest BCUT2D eigenvalue weighted by Gasteiger charge is -2.02. The van der Waals surface area contributed by atoms with E-state index in [2.05, 4.69) is 5.32 Å². The van der Waals surface area contributed by atoms with Crippen molar-refractivity contribution in [3.63, 3.8) is 0 Å². The number of carbonyl (C=O) groups is 1. The summed E-state index contributed by atoms with van der Waals surface area (Å²) >= 11 is 0. The standard InChI is InChI=1S/C7H15NO.2C2H6/c1-4-8-7(9)5-6(2)3;2*1-2/h6H,4-5H2,1-3H3,(H,8,9);2*1-2H3. The second-order valence-electron chi connectivity index (χ2n) is 2.55. The van der Waals surface area contributed by atoms with Crippen LogP contribution in [0.5, 0.6) is 0 Å². The minimum Gasteiger partial charge on any atom is -0.356 e. The van der Waals surface area contributed by atoms with Crippen molar-refractivity contribution in [1.82, 2.24) is 5.32 Å². The van der Waals surface area contributed by atoms with Crippen LogP contribution in [0.25, 0.3) is 0 Å². The third-order valence-corrected chi connectivity index (χ3v) is 0.968. The van der Waals surface area contributed by atoms with Crippen molar-refractivity contribution in [2.24, 2.45) is 5.92 Å². The predicted octanol–water partition coefficient (Wildman–Crippen LogP) is 3.22. The molecule has 0 heterocycles. The zero-order valence-corrected chi connectivity index (χ0v) is 10.4. The lowest BCUT2D eigenvalue weighted by molar-refractivity contribution is -0.121. The monoisotopic (exact) mass is 189 g/mol. The molecule has 0 aromatic carbocycles. The predicted molar refractivity (Wildman–Crippen MR) is 60.8 cm³/mol. The van der Waals surface area contributed by atoms with Crippen molar-refractivity contribution in [1.29, 1.82) is 0 Å². The Morgan fingerprint density at radius 3 is 1.77 bits per heavy atom. The van der Waals surface area contributed by atoms with Gasteiger partial charge >= 0.3 is 0 Å². The number of hydrogen-bond donors (Lipinski definition) is 1. The average Bonchev–Trinajstić information content (AvgIpc) is 2.10. The fourth-order valence-electron chi connectivity index (χ4n) is 0.640. The highest BCUT2D eigenvalue weighted by Gasteiger charge is 2.00. The number of nitrogens with one attached hydrogen (secondary N) is 1. The van der Waals surface area contributed by atoms with Gasteiger partial charge in [-0.15, -0.1) is 0 Å². The Morgan fingerprint density at radius 1 is 1.15 bits per heavy atom. The molecular weight excluding hydrogens is 162 g/mol. The van der Waals surface area contributed by atoms with E-state index in [0.29, 0.717) is 12.3 Å². The van der Waals surface area contributed by atoms with Crippen LogP contribution >= 0.6 is 0 Å². The summed E-state index contributed by atoms with van der Waals surface area (Å²) in [6.07, 6.45) is 0.647. The van der Waals surface area contributed by atoms with Crippen molar-refractivity contribution in [2.75, 3.05) is 6.54 Å². The molecule has 2 nitrogen and oxygen atoms in total. The van der Waals surface area contributed by atoms with Crippen LogP contribution in [-0.4, -0.2) is 12.5 Å². The van der Waals surface area contributed by atoms with Gasteiger partial charge in [-0.3, -0.25) is 4.79 Å². The van der Waals surface area contributed by atoms with Crippen LogP contribution in [0.2, 0.25) is 0 Å². The maximum atomic E-state index is 10.7. The fraction of sp³-hybridized carbons (Fsp3) is 0.909. The third kappa shape index (κ3) is 24.6. The Bertz CT molecular complexity index is 90.1. The number of rotatable bonds is 3. The van der Waals surface area contributed by atoms with E-state index in [1.807, 2.05) is 48.5 Å². The first kappa shape index (κ1) is 18.3. The molecule has 0 fully saturated rings. The van der Waals surface area contributed by atoms with Gasteiger partial charge in [0.1, 0.15) is 0 Å². The maximum absolute atomic E-state index is 10.7. The molecule has 0 saturated heterocycles. The van der Waals surface area contributed by atoms with Crippen molar-refractivity contribution >= 4 is 5.91 Å². The quantitative estimate of drug-likeness (QED) is 0.725. The fourth-order valence-corrected chi connectivity index (χ4v) is 0.640. The Kier molecular flexibility index (Phi) is 24.7. The Labute approximate surface area is 84.1 Å². The van der Waals surface area contributed by atoms with Gasteiger partial charge in [0.05, 0.1) is 0 Å². The minimum absolute atomic E-state index is 0.160. The highest BCUT2D eigenvalue weighted by Crippen LogP contribution is 1.97. The summed E-state index contributed by atoms with van der Waals surface area (Å²) in [5, 5.41) is 2.74. The van der Waals surface area contributed by atoms with Gasteiger partial charge in [-0.05, 0) is 12.8 Å². The molecule has 0 aromatic heterocycles. The molecule has 0 aliphatic rings. The number of carbonyl (C=O) groups excluding carboxylic acids is 1. The molecule has 0 atom stereocenters. The lowest BCUT2D eigenvalue weighted by Crippen LogP contribution is -2.23. The lowest BCUT2D eigenvalue weighted by atomic mass is 10.1. The summed E-state index contributed by atoms with van der Waals surface area (Å²) in [6, 6.07) is 0. The molecule has 1 N–H and O–H groups in total. The molecule has 0 saturated carbocycles. The molecule has 0 aliphatic heterocycles. The summed E-state index contributed by atoms with van der Waals surface area (Å²) in [7, 11) is 0. The van der Waals surface area contributed by atoms with E-state index in [9.17, 15) is 4.79 Å². The molecule has 0 aromatic rings. The van der Waals surface area contributed by atoms with Crippen LogP contribution in [-0.2, 0) is 4.79 Å². The van der Waals surface area contributed by atoms with Crippen LogP contribution in [0.4, 0.5) is 0 Å². The van der Waals surface area contributed by atoms with Crippen LogP contribution in [0.15, 0.2) is 0 Å². The van der Waals surface area contributed by atoms with Gasteiger partial charge in [-0.25, -0.2) is 0 Å². The Hall–Kier alpha value is -0.530. The van der Waals surface area contributed by atoms with Crippen molar-refractivity contribution in [2.45, 2.75) is 54.9 Å². The van der Waals surface area contributed by atoms with Gasteiger partial charge in [-0.1, -0.05) is 41.5 Å². The third-order valence-electron chi connectivity index (χ3n) is 0.968. The van der Waals surface area contributed by atoms with Gasteiger partial charge in [0.15, 0.2) is 0 Å². The van der Waals surface area contributed by atoms with Crippen LogP contribution in [0.3, 0.4) is 0 Å². The second-order valence-corrected chi connectivity index (χ2v) is 2.55. The Morgan fingerprint density at radius 2 is 1.54 bits per heavy atom. The zero-order chi connectivity index (χ0) is 11.3. The van der Waals surface area contributed by atoms with Crippen molar-refractivity contribution in [3.8, 4) is 0 Å². The molecule has 0 rings (SSSR count). The van der Waals surface area contributed by atoms with E-state index in [1.165, 1.54) is 0 Å². The zero-order valence-electron chi connectivity index (χ0n) is 10.4. The smallest absolute Gasteiger partial charge is 0.220 e. The molecule has 1 amide bonds. The van der Waals surface area contributed by atoms with Crippen LogP contribution < -0.4 is 5.32 Å². The molecule has 0 unspecified atom stereocenters. The summed E-state index contributed by atoms with van der Waals surface area (Å²) in [6.45, 7) is 14.7. The van der Waals surface area contributed by atoms with Crippen LogP contribution in [0.1, 0.15) is 54.9 Å². The van der Waals surface area contributed by atoms with Crippen molar-refractivity contribution < 1.29 is 4.79 Å². The second kappa shape index (κ2) is 17.5. The van der Waals surface area contributed by atoms with E-state index in [1.54, 1.807) is 0 Å². The Balaban J connectivity index is -0.000000218. The van der Waals surface area contributed by atoms with Gasteiger partial charge in [0.2, 0.25) is 5.91 Å². The van der Waals surface area contributed by atoms with Gasteiger partial charge in [0, 0.05) is 13.0 Å². The first-order valence-corrected chi connectivity index (χ1v) is 5.43. The summed E-state index contributed by atoms with van der Waals surface area (Å²) in [5.74, 6) is 0.629. The summed E-state index contributed by atoms with van der Waals surface area (Å²) in [5.41, 5.74) is 0. The van der Waals surface area contributed by atoms with E-state index >= 15 is 0 Å². The summed E-state index contributed by atoms with van der Waals surface area (Å²) < 4.78 is 0. The maximum Gasteiger partial charge on any atom is 0.220 e. The van der Waals surface area contributed by atoms with Gasteiger partial charge in [0.25, 0.3) is 0 Å². The number of hydrogen-bond acceptors (Lipinski definition) is 1. The SMILES string of the molecule is CC.CC.CCNC(=O)CC(C)C. The van der Waals surface area contributed by atoms with Crippen molar-refractivity contribution in [3.05, 3.63) is 0 Å². The first-order valence-electron chi connectivity index (χ1n) is 5.43. The molecule has 13 heavy (non-hydrogen) atoms. The van der Waals surface area contributed by atoms with E-state index in [-0.39, 0.29) is 5.91 Å². The van der Waals surface area contributed by atoms with Gasteiger partial charge < -0.3 is 5.32 Å². The molecule has 0 radical (unpaired) electrons. The molecule has 0 bridgehead atoms. The molecular formula is C11H27NO. The highest BCUT2D eigenvalue weighted by atomic mass is 16.1. The topological polar surface area (TPSA) is 29.1 Å². The highest BCUT2D eigenvalue weighted by molar-refractivity contribution is 5.75. The summed E-state index contributed by atoms with van der Waals surface area (Å²) in [4.78, 5) is 10.7.